The molecule has 5 heterocycles. The molecule has 47 heavy (non-hydrogen) atoms. The Balaban J connectivity index is 1.42. The summed E-state index contributed by atoms with van der Waals surface area (Å²) in [6.45, 7) is 0. The van der Waals surface area contributed by atoms with E-state index in [1.807, 2.05) is 12.3 Å². The van der Waals surface area contributed by atoms with Gasteiger partial charge in [0.15, 0.2) is 0 Å². The van der Waals surface area contributed by atoms with E-state index in [1.165, 1.54) is 38.1 Å². The third kappa shape index (κ3) is 3.22. The van der Waals surface area contributed by atoms with Crippen LogP contribution >= 0.6 is 0 Å². The smallest absolute Gasteiger partial charge is 0.147 e. The van der Waals surface area contributed by atoms with Crippen LogP contribution in [0.3, 0.4) is 0 Å². The van der Waals surface area contributed by atoms with Gasteiger partial charge in [-0.15, -0.1) is 0 Å². The van der Waals surface area contributed by atoms with Crippen molar-refractivity contribution in [2.45, 2.75) is 0 Å². The van der Waals surface area contributed by atoms with Crippen LogP contribution in [0.25, 0.3) is 93.5 Å². The van der Waals surface area contributed by atoms with E-state index in [0.717, 1.165) is 55.4 Å². The predicted molar refractivity (Wildman–Crippen MR) is 194 cm³/mol. The SMILES string of the molecule is c1ccc(-n2c3ccccc3c3ccc4c5cc6c(cc5n(-c5ccccc5)c4c32)c2cccnc2n2c3ccccc3nc62)cc1. The van der Waals surface area contributed by atoms with E-state index in [-0.39, 0.29) is 0 Å². The Bertz CT molecular complexity index is 3060. The summed E-state index contributed by atoms with van der Waals surface area (Å²) >= 11 is 0. The maximum atomic E-state index is 5.19. The molecule has 0 amide bonds. The molecule has 218 valence electrons. The van der Waals surface area contributed by atoms with Crippen molar-refractivity contribution in [2.75, 3.05) is 0 Å². The molecule has 0 aliphatic carbocycles. The first-order chi connectivity index (χ1) is 23.3. The molecule has 0 aliphatic heterocycles. The van der Waals surface area contributed by atoms with E-state index in [9.17, 15) is 0 Å². The molecule has 11 aromatic rings. The summed E-state index contributed by atoms with van der Waals surface area (Å²) in [5, 5.41) is 8.24. The van der Waals surface area contributed by atoms with Gasteiger partial charge in [-0.3, -0.25) is 4.40 Å². The predicted octanol–water partition coefficient (Wildman–Crippen LogP) is 10.4. The van der Waals surface area contributed by atoms with Crippen molar-refractivity contribution < 1.29 is 0 Å². The third-order valence-electron chi connectivity index (χ3n) is 9.82. The van der Waals surface area contributed by atoms with Crippen molar-refractivity contribution in [3.05, 3.63) is 152 Å². The molecule has 0 spiro atoms. The normalized spacial score (nSPS) is 12.3. The van der Waals surface area contributed by atoms with Crippen molar-refractivity contribution >= 4 is 82.1 Å². The van der Waals surface area contributed by atoms with Crippen molar-refractivity contribution in [2.24, 2.45) is 0 Å². The minimum Gasteiger partial charge on any atom is -0.307 e. The third-order valence-corrected chi connectivity index (χ3v) is 9.82. The number of aromatic nitrogens is 5. The molecule has 0 saturated carbocycles. The lowest BCUT2D eigenvalue weighted by Crippen LogP contribution is -1.98. The molecule has 0 radical (unpaired) electrons. The van der Waals surface area contributed by atoms with Crippen LogP contribution in [0.4, 0.5) is 0 Å². The first kappa shape index (κ1) is 24.8. The van der Waals surface area contributed by atoms with Gasteiger partial charge in [-0.2, -0.15) is 0 Å². The number of hydrogen-bond acceptors (Lipinski definition) is 2. The highest BCUT2D eigenvalue weighted by Crippen LogP contribution is 2.44. The molecule has 6 aromatic carbocycles. The standard InChI is InChI=1S/C42H25N5/c1-3-12-26(13-4-1)45-36-19-9-7-16-28(36)29-21-22-30-33-24-34-32(25-38(33)46(40(30)39(29)45)27-14-5-2-6-15-27)31-17-11-23-43-41(31)47-37-20-10-8-18-35(37)44-42(34)47/h1-25H. The summed E-state index contributed by atoms with van der Waals surface area (Å²) in [6.07, 6.45) is 1.88. The Morgan fingerprint density at radius 2 is 1.00 bits per heavy atom. The topological polar surface area (TPSA) is 40.0 Å². The fraction of sp³-hybridized carbons (Fsp3) is 0. The van der Waals surface area contributed by atoms with E-state index < -0.39 is 0 Å². The molecule has 0 bridgehead atoms. The lowest BCUT2D eigenvalue weighted by atomic mass is 10.0. The minimum absolute atomic E-state index is 0.914. The second kappa shape index (κ2) is 9.05. The molecule has 0 unspecified atom stereocenters. The summed E-state index contributed by atoms with van der Waals surface area (Å²) in [6, 6.07) is 52.1. The molecule has 0 fully saturated rings. The Labute approximate surface area is 268 Å². The van der Waals surface area contributed by atoms with Crippen LogP contribution in [-0.4, -0.2) is 23.5 Å². The maximum absolute atomic E-state index is 5.19. The van der Waals surface area contributed by atoms with Crippen molar-refractivity contribution in [3.63, 3.8) is 0 Å². The summed E-state index contributed by atoms with van der Waals surface area (Å²) in [7, 11) is 0. The summed E-state index contributed by atoms with van der Waals surface area (Å²) in [5.74, 6) is 0. The first-order valence-corrected chi connectivity index (χ1v) is 15.9. The maximum Gasteiger partial charge on any atom is 0.147 e. The molecule has 0 saturated heterocycles. The summed E-state index contributed by atoms with van der Waals surface area (Å²) in [5.41, 5.74) is 10.9. The number of pyridine rings is 2. The minimum atomic E-state index is 0.914. The van der Waals surface area contributed by atoms with Crippen LogP contribution in [0, 0.1) is 0 Å². The number of nitrogens with zero attached hydrogens (tertiary/aromatic N) is 5. The van der Waals surface area contributed by atoms with Gasteiger partial charge in [-0.1, -0.05) is 78.9 Å². The molecule has 0 atom stereocenters. The monoisotopic (exact) mass is 599 g/mol. The van der Waals surface area contributed by atoms with Gasteiger partial charge in [0.05, 0.1) is 33.1 Å². The van der Waals surface area contributed by atoms with Gasteiger partial charge in [0.2, 0.25) is 0 Å². The number of hydrogen-bond donors (Lipinski definition) is 0. The average molecular weight is 600 g/mol. The van der Waals surface area contributed by atoms with Crippen molar-refractivity contribution in [1.82, 2.24) is 23.5 Å². The molecule has 5 nitrogen and oxygen atoms in total. The van der Waals surface area contributed by atoms with Gasteiger partial charge in [-0.25, -0.2) is 9.97 Å². The molecular weight excluding hydrogens is 574 g/mol. The van der Waals surface area contributed by atoms with E-state index in [0.29, 0.717) is 0 Å². The van der Waals surface area contributed by atoms with E-state index in [1.54, 1.807) is 0 Å². The summed E-state index contributed by atoms with van der Waals surface area (Å²) in [4.78, 5) is 10.1. The Kier molecular flexibility index (Phi) is 4.78. The van der Waals surface area contributed by atoms with Crippen LogP contribution < -0.4 is 0 Å². The second-order valence-corrected chi connectivity index (χ2v) is 12.3. The van der Waals surface area contributed by atoms with E-state index in [2.05, 4.69) is 153 Å². The molecule has 5 aromatic heterocycles. The zero-order valence-corrected chi connectivity index (χ0v) is 25.2. The zero-order chi connectivity index (χ0) is 30.6. The highest BCUT2D eigenvalue weighted by molar-refractivity contribution is 6.27. The van der Waals surface area contributed by atoms with E-state index in [4.69, 9.17) is 9.97 Å². The van der Waals surface area contributed by atoms with Crippen LogP contribution in [0.15, 0.2) is 152 Å². The second-order valence-electron chi connectivity index (χ2n) is 12.3. The zero-order valence-electron chi connectivity index (χ0n) is 25.2. The Morgan fingerprint density at radius 3 is 1.77 bits per heavy atom. The Hall–Kier alpha value is -6.46. The van der Waals surface area contributed by atoms with Gasteiger partial charge < -0.3 is 9.13 Å². The fourth-order valence-corrected chi connectivity index (χ4v) is 7.90. The largest absolute Gasteiger partial charge is 0.307 e. The first-order valence-electron chi connectivity index (χ1n) is 15.9. The molecular formula is C42H25N5. The van der Waals surface area contributed by atoms with Crippen LogP contribution in [0.5, 0.6) is 0 Å². The molecule has 0 aliphatic rings. The molecule has 5 heteroatoms. The Morgan fingerprint density at radius 1 is 0.383 bits per heavy atom. The lowest BCUT2D eigenvalue weighted by Gasteiger charge is -2.13. The van der Waals surface area contributed by atoms with Crippen molar-refractivity contribution in [1.29, 1.82) is 0 Å². The number of imidazole rings is 1. The van der Waals surface area contributed by atoms with Crippen LogP contribution in [0.2, 0.25) is 0 Å². The number of para-hydroxylation sites is 5. The van der Waals surface area contributed by atoms with Gasteiger partial charge >= 0.3 is 0 Å². The quantitative estimate of drug-likeness (QED) is 0.186. The van der Waals surface area contributed by atoms with E-state index >= 15 is 0 Å². The van der Waals surface area contributed by atoms with Crippen LogP contribution in [0.1, 0.15) is 0 Å². The molecule has 0 N–H and O–H groups in total. The highest BCUT2D eigenvalue weighted by atomic mass is 15.1. The fourth-order valence-electron chi connectivity index (χ4n) is 7.90. The van der Waals surface area contributed by atoms with Gasteiger partial charge in [0, 0.05) is 49.9 Å². The van der Waals surface area contributed by atoms with Gasteiger partial charge in [-0.05, 0) is 72.1 Å². The van der Waals surface area contributed by atoms with Crippen LogP contribution in [-0.2, 0) is 0 Å². The number of benzene rings is 6. The average Bonchev–Trinajstić information content (AvgIpc) is 3.80. The summed E-state index contributed by atoms with van der Waals surface area (Å²) < 4.78 is 7.11. The highest BCUT2D eigenvalue weighted by Gasteiger charge is 2.23. The van der Waals surface area contributed by atoms with Crippen molar-refractivity contribution in [3.8, 4) is 11.4 Å². The number of fused-ring (bicyclic) bond motifs is 15. The van der Waals surface area contributed by atoms with Gasteiger partial charge in [0.1, 0.15) is 11.3 Å². The molecule has 11 rings (SSSR count). The lowest BCUT2D eigenvalue weighted by molar-refractivity contribution is 1.15. The van der Waals surface area contributed by atoms with Gasteiger partial charge in [0.25, 0.3) is 0 Å². The number of rotatable bonds is 2.